The Kier molecular flexibility index (Phi) is 3.92. The van der Waals surface area contributed by atoms with E-state index in [4.69, 9.17) is 0 Å². The van der Waals surface area contributed by atoms with Gasteiger partial charge in [0.15, 0.2) is 0 Å². The first-order chi connectivity index (χ1) is 6.49. The van der Waals surface area contributed by atoms with Crippen LogP contribution in [0.1, 0.15) is 33.1 Å². The van der Waals surface area contributed by atoms with Crippen LogP contribution in [0.5, 0.6) is 0 Å². The van der Waals surface area contributed by atoms with Gasteiger partial charge in [0, 0.05) is 6.54 Å². The van der Waals surface area contributed by atoms with E-state index < -0.39 is 16.1 Å². The molecular formula is C9H19NO3S. The Morgan fingerprint density at radius 2 is 2.07 bits per heavy atom. The Bertz CT molecular complexity index is 274. The number of hydrogen-bond donors (Lipinski definition) is 1. The maximum atomic E-state index is 11.7. The van der Waals surface area contributed by atoms with Crippen LogP contribution in [0.2, 0.25) is 0 Å². The Balaban J connectivity index is 2.82. The number of nitrogens with zero attached hydrogens (tertiary/aromatic N) is 1. The molecule has 1 aliphatic heterocycles. The molecule has 0 aromatic heterocycles. The van der Waals surface area contributed by atoms with Gasteiger partial charge in [0.1, 0.15) is 0 Å². The zero-order chi connectivity index (χ0) is 10.8. The molecule has 1 heterocycles. The molecule has 1 rings (SSSR count). The number of aliphatic hydroxyl groups excluding tert-OH is 1. The van der Waals surface area contributed by atoms with Crippen molar-refractivity contribution in [2.75, 3.05) is 12.3 Å². The Morgan fingerprint density at radius 1 is 1.43 bits per heavy atom. The average Bonchev–Trinajstić information content (AvgIpc) is 2.08. The highest BCUT2D eigenvalue weighted by atomic mass is 32.2. The lowest BCUT2D eigenvalue weighted by Crippen LogP contribution is -2.49. The highest BCUT2D eigenvalue weighted by Crippen LogP contribution is 2.20. The highest BCUT2D eigenvalue weighted by Gasteiger charge is 2.33. The van der Waals surface area contributed by atoms with Crippen LogP contribution in [-0.4, -0.2) is 42.3 Å². The zero-order valence-electron chi connectivity index (χ0n) is 8.81. The number of sulfonamides is 1. The molecule has 0 bridgehead atoms. The molecule has 0 aliphatic carbocycles. The van der Waals surface area contributed by atoms with Crippen molar-refractivity contribution in [2.24, 2.45) is 0 Å². The summed E-state index contributed by atoms with van der Waals surface area (Å²) >= 11 is 0. The van der Waals surface area contributed by atoms with Gasteiger partial charge >= 0.3 is 0 Å². The van der Waals surface area contributed by atoms with Crippen molar-refractivity contribution in [3.05, 3.63) is 0 Å². The van der Waals surface area contributed by atoms with Gasteiger partial charge in [-0.25, -0.2) is 8.42 Å². The van der Waals surface area contributed by atoms with E-state index >= 15 is 0 Å². The van der Waals surface area contributed by atoms with Crippen molar-refractivity contribution in [3.8, 4) is 0 Å². The number of hydrogen-bond acceptors (Lipinski definition) is 3. The van der Waals surface area contributed by atoms with Crippen molar-refractivity contribution in [1.82, 2.24) is 4.31 Å². The van der Waals surface area contributed by atoms with Crippen LogP contribution in [0.3, 0.4) is 0 Å². The molecule has 5 heteroatoms. The van der Waals surface area contributed by atoms with Gasteiger partial charge in [-0.1, -0.05) is 6.92 Å². The minimum Gasteiger partial charge on any atom is -0.392 e. The van der Waals surface area contributed by atoms with Gasteiger partial charge in [0.2, 0.25) is 10.0 Å². The van der Waals surface area contributed by atoms with E-state index in [2.05, 4.69) is 0 Å². The summed E-state index contributed by atoms with van der Waals surface area (Å²) < 4.78 is 24.9. The third-order valence-electron chi connectivity index (χ3n) is 2.73. The van der Waals surface area contributed by atoms with Gasteiger partial charge in [-0.05, 0) is 26.2 Å². The summed E-state index contributed by atoms with van der Waals surface area (Å²) in [7, 11) is -3.11. The fourth-order valence-electron chi connectivity index (χ4n) is 1.97. The van der Waals surface area contributed by atoms with Gasteiger partial charge < -0.3 is 5.11 Å². The minimum atomic E-state index is -3.11. The predicted molar refractivity (Wildman–Crippen MR) is 55.5 cm³/mol. The molecule has 2 atom stereocenters. The van der Waals surface area contributed by atoms with Crippen molar-refractivity contribution < 1.29 is 13.5 Å². The third-order valence-corrected chi connectivity index (χ3v) is 4.71. The first kappa shape index (κ1) is 11.9. The standard InChI is InChI=1S/C9H19NO3S/c1-3-9(8(2)11)10-6-4-5-7-14(10,12)13/h8-9,11H,3-7H2,1-2H3. The lowest BCUT2D eigenvalue weighted by atomic mass is 10.1. The van der Waals surface area contributed by atoms with E-state index in [-0.39, 0.29) is 11.8 Å². The fourth-order valence-corrected chi connectivity index (χ4v) is 3.91. The molecule has 0 aromatic carbocycles. The quantitative estimate of drug-likeness (QED) is 0.758. The van der Waals surface area contributed by atoms with Crippen LogP contribution in [0.15, 0.2) is 0 Å². The summed E-state index contributed by atoms with van der Waals surface area (Å²) in [6.45, 7) is 4.12. The normalized spacial score (nSPS) is 27.1. The summed E-state index contributed by atoms with van der Waals surface area (Å²) in [5.41, 5.74) is 0. The SMILES string of the molecule is CCC(C(C)O)N1CCCCS1(=O)=O. The molecular weight excluding hydrogens is 202 g/mol. The first-order valence-corrected chi connectivity index (χ1v) is 6.77. The monoisotopic (exact) mass is 221 g/mol. The lowest BCUT2D eigenvalue weighted by molar-refractivity contribution is 0.0991. The second-order valence-corrected chi connectivity index (χ2v) is 5.89. The predicted octanol–water partition coefficient (Wildman–Crippen LogP) is 0.571. The minimum absolute atomic E-state index is 0.232. The second kappa shape index (κ2) is 4.59. The second-order valence-electron chi connectivity index (χ2n) is 3.85. The molecule has 4 nitrogen and oxygen atoms in total. The average molecular weight is 221 g/mol. The molecule has 14 heavy (non-hydrogen) atoms. The molecule has 1 fully saturated rings. The molecule has 0 amide bonds. The third kappa shape index (κ3) is 2.46. The van der Waals surface area contributed by atoms with Crippen molar-refractivity contribution in [1.29, 1.82) is 0 Å². The maximum absolute atomic E-state index is 11.7. The number of aliphatic hydroxyl groups is 1. The van der Waals surface area contributed by atoms with Gasteiger partial charge in [-0.15, -0.1) is 0 Å². The van der Waals surface area contributed by atoms with E-state index in [0.717, 1.165) is 12.8 Å². The Labute approximate surface area is 86.0 Å². The summed E-state index contributed by atoms with van der Waals surface area (Å²) in [5.74, 6) is 0.232. The molecule has 84 valence electrons. The van der Waals surface area contributed by atoms with E-state index in [0.29, 0.717) is 13.0 Å². The topological polar surface area (TPSA) is 57.6 Å². The van der Waals surface area contributed by atoms with Crippen LogP contribution in [0, 0.1) is 0 Å². The smallest absolute Gasteiger partial charge is 0.214 e. The van der Waals surface area contributed by atoms with Crippen molar-refractivity contribution in [2.45, 2.75) is 45.3 Å². The fraction of sp³-hybridized carbons (Fsp3) is 1.00. The molecule has 1 aliphatic rings. The summed E-state index contributed by atoms with van der Waals surface area (Å²) in [6.07, 6.45) is 1.72. The largest absolute Gasteiger partial charge is 0.392 e. The van der Waals surface area contributed by atoms with Crippen LogP contribution >= 0.6 is 0 Å². The molecule has 0 aromatic rings. The molecule has 0 radical (unpaired) electrons. The summed E-state index contributed by atoms with van der Waals surface area (Å²) in [5, 5.41) is 9.49. The van der Waals surface area contributed by atoms with E-state index in [1.54, 1.807) is 6.92 Å². The molecule has 0 saturated carbocycles. The van der Waals surface area contributed by atoms with Crippen LogP contribution in [0.4, 0.5) is 0 Å². The Morgan fingerprint density at radius 3 is 2.50 bits per heavy atom. The van der Waals surface area contributed by atoms with Crippen LogP contribution in [0.25, 0.3) is 0 Å². The van der Waals surface area contributed by atoms with Gasteiger partial charge in [-0.2, -0.15) is 4.31 Å². The molecule has 2 unspecified atom stereocenters. The highest BCUT2D eigenvalue weighted by molar-refractivity contribution is 7.89. The first-order valence-electron chi connectivity index (χ1n) is 5.16. The summed E-state index contributed by atoms with van der Waals surface area (Å²) in [4.78, 5) is 0. The van der Waals surface area contributed by atoms with Crippen molar-refractivity contribution in [3.63, 3.8) is 0 Å². The summed E-state index contributed by atoms with van der Waals surface area (Å²) in [6, 6.07) is -0.250. The Hall–Kier alpha value is -0.130. The lowest BCUT2D eigenvalue weighted by Gasteiger charge is -2.34. The number of rotatable bonds is 3. The molecule has 1 N–H and O–H groups in total. The zero-order valence-corrected chi connectivity index (χ0v) is 9.63. The maximum Gasteiger partial charge on any atom is 0.214 e. The van der Waals surface area contributed by atoms with E-state index in [1.165, 1.54) is 4.31 Å². The van der Waals surface area contributed by atoms with E-state index in [1.807, 2.05) is 6.92 Å². The van der Waals surface area contributed by atoms with Crippen LogP contribution < -0.4 is 0 Å². The van der Waals surface area contributed by atoms with Crippen molar-refractivity contribution >= 4 is 10.0 Å². The van der Waals surface area contributed by atoms with E-state index in [9.17, 15) is 13.5 Å². The molecule has 0 spiro atoms. The van der Waals surface area contributed by atoms with Gasteiger partial charge in [0.05, 0.1) is 17.9 Å². The van der Waals surface area contributed by atoms with Crippen LogP contribution in [-0.2, 0) is 10.0 Å². The molecule has 1 saturated heterocycles. The van der Waals surface area contributed by atoms with Gasteiger partial charge in [0.25, 0.3) is 0 Å². The van der Waals surface area contributed by atoms with Gasteiger partial charge in [-0.3, -0.25) is 0 Å².